The molecule has 6 nitrogen and oxygen atoms in total. The summed E-state index contributed by atoms with van der Waals surface area (Å²) in [6.07, 6.45) is -3.93. The van der Waals surface area contributed by atoms with E-state index in [0.717, 1.165) is 11.0 Å². The van der Waals surface area contributed by atoms with Crippen LogP contribution in [0.4, 0.5) is 18.3 Å². The Balaban J connectivity index is 1.62. The van der Waals surface area contributed by atoms with Crippen molar-refractivity contribution in [2.75, 3.05) is 32.1 Å². The van der Waals surface area contributed by atoms with Gasteiger partial charge in [-0.3, -0.25) is 4.90 Å². The average molecular weight is 402 g/mol. The Morgan fingerprint density at radius 2 is 2.00 bits per heavy atom. The topological polar surface area (TPSA) is 61.7 Å². The molecule has 0 bridgehead atoms. The van der Waals surface area contributed by atoms with E-state index >= 15 is 0 Å². The Labute approximate surface area is 159 Å². The summed E-state index contributed by atoms with van der Waals surface area (Å²) in [5, 5.41) is 11.8. The molecule has 1 N–H and O–H groups in total. The fraction of sp³-hybridized carbons (Fsp3) is 0.529. The van der Waals surface area contributed by atoms with Crippen LogP contribution in [0.25, 0.3) is 0 Å². The van der Waals surface area contributed by atoms with Gasteiger partial charge in [0.05, 0.1) is 12.1 Å². The monoisotopic (exact) mass is 402 g/mol. The number of alkyl halides is 3. The van der Waals surface area contributed by atoms with Crippen LogP contribution < -0.4 is 9.64 Å². The van der Waals surface area contributed by atoms with Crippen LogP contribution in [0, 0.1) is 0 Å². The van der Waals surface area contributed by atoms with Crippen molar-refractivity contribution >= 4 is 16.7 Å². The summed E-state index contributed by atoms with van der Waals surface area (Å²) in [6, 6.07) is 5.58. The van der Waals surface area contributed by atoms with Gasteiger partial charge in [-0.1, -0.05) is 12.1 Å². The van der Waals surface area contributed by atoms with Gasteiger partial charge in [-0.25, -0.2) is 4.98 Å². The van der Waals surface area contributed by atoms with Gasteiger partial charge in [-0.05, 0) is 30.5 Å². The predicted molar refractivity (Wildman–Crippen MR) is 95.8 cm³/mol. The molecule has 1 aromatic carbocycles. The van der Waals surface area contributed by atoms with Crippen molar-refractivity contribution in [1.82, 2.24) is 14.3 Å². The minimum atomic E-state index is -4.75. The molecule has 0 unspecified atom stereocenters. The maximum absolute atomic E-state index is 12.4. The highest BCUT2D eigenvalue weighted by Crippen LogP contribution is 2.35. The SMILES string of the molecule is CN(C)c1nc(CN2CCC(O)(c3cccc(OC(F)(F)F)c3)CC2)ns1. The zero-order chi connectivity index (χ0) is 19.7. The molecular formula is C17H21F3N4O2S. The van der Waals surface area contributed by atoms with E-state index in [2.05, 4.69) is 19.0 Å². The smallest absolute Gasteiger partial charge is 0.406 e. The summed E-state index contributed by atoms with van der Waals surface area (Å²) < 4.78 is 45.5. The summed E-state index contributed by atoms with van der Waals surface area (Å²) in [7, 11) is 3.81. The minimum Gasteiger partial charge on any atom is -0.406 e. The molecule has 2 aromatic rings. The van der Waals surface area contributed by atoms with Crippen LogP contribution in [0.2, 0.25) is 0 Å². The molecule has 27 heavy (non-hydrogen) atoms. The normalized spacial score (nSPS) is 17.7. The van der Waals surface area contributed by atoms with Gasteiger partial charge < -0.3 is 14.7 Å². The molecule has 1 fully saturated rings. The van der Waals surface area contributed by atoms with Gasteiger partial charge in [0, 0.05) is 38.7 Å². The van der Waals surface area contributed by atoms with Crippen LogP contribution in [0.5, 0.6) is 5.75 Å². The summed E-state index contributed by atoms with van der Waals surface area (Å²) in [6.45, 7) is 1.77. The quantitative estimate of drug-likeness (QED) is 0.830. The molecule has 148 valence electrons. The maximum atomic E-state index is 12.4. The number of nitrogens with zero attached hydrogens (tertiary/aromatic N) is 4. The molecule has 2 heterocycles. The Kier molecular flexibility index (Phi) is 5.59. The third kappa shape index (κ3) is 5.08. The first-order valence-electron chi connectivity index (χ1n) is 8.46. The van der Waals surface area contributed by atoms with Crippen molar-refractivity contribution in [3.63, 3.8) is 0 Å². The molecule has 0 spiro atoms. The zero-order valence-corrected chi connectivity index (χ0v) is 15.8. The summed E-state index contributed by atoms with van der Waals surface area (Å²) >= 11 is 1.33. The Bertz CT molecular complexity index is 774. The van der Waals surface area contributed by atoms with E-state index in [0.29, 0.717) is 38.0 Å². The van der Waals surface area contributed by atoms with Crippen LogP contribution in [-0.2, 0) is 12.1 Å². The molecule has 1 aliphatic rings. The van der Waals surface area contributed by atoms with Crippen molar-refractivity contribution in [3.05, 3.63) is 35.7 Å². The standard InChI is InChI=1S/C17H21F3N4O2S/c1-23(2)15-21-14(22-27-15)11-24-8-6-16(25,7-9-24)12-4-3-5-13(10-12)26-17(18,19)20/h3-5,10,25H,6-9,11H2,1-2H3. The largest absolute Gasteiger partial charge is 0.573 e. The van der Waals surface area contributed by atoms with Crippen molar-refractivity contribution < 1.29 is 23.0 Å². The van der Waals surface area contributed by atoms with Crippen LogP contribution in [0.1, 0.15) is 24.2 Å². The first kappa shape index (κ1) is 19.8. The van der Waals surface area contributed by atoms with Gasteiger partial charge >= 0.3 is 6.36 Å². The van der Waals surface area contributed by atoms with E-state index in [1.807, 2.05) is 19.0 Å². The van der Waals surface area contributed by atoms with Crippen LogP contribution in [0.3, 0.4) is 0 Å². The van der Waals surface area contributed by atoms with Crippen LogP contribution >= 0.6 is 11.5 Å². The molecule has 10 heteroatoms. The highest BCUT2D eigenvalue weighted by molar-refractivity contribution is 7.09. The number of hydrogen-bond donors (Lipinski definition) is 1. The number of piperidine rings is 1. The van der Waals surface area contributed by atoms with Gasteiger partial charge in [0.15, 0.2) is 5.82 Å². The molecule has 1 aliphatic heterocycles. The van der Waals surface area contributed by atoms with Crippen molar-refractivity contribution in [3.8, 4) is 5.75 Å². The van der Waals surface area contributed by atoms with Gasteiger partial charge in [0.25, 0.3) is 0 Å². The van der Waals surface area contributed by atoms with Crippen molar-refractivity contribution in [1.29, 1.82) is 0 Å². The summed E-state index contributed by atoms with van der Waals surface area (Å²) in [5.74, 6) is 0.411. The van der Waals surface area contributed by atoms with E-state index in [4.69, 9.17) is 0 Å². The number of benzene rings is 1. The third-order valence-electron chi connectivity index (χ3n) is 4.49. The van der Waals surface area contributed by atoms with Crippen LogP contribution in [0.15, 0.2) is 24.3 Å². The second-order valence-corrected chi connectivity index (χ2v) is 7.50. The molecule has 0 aliphatic carbocycles. The number of hydrogen-bond acceptors (Lipinski definition) is 7. The summed E-state index contributed by atoms with van der Waals surface area (Å²) in [4.78, 5) is 8.48. The Morgan fingerprint density at radius 1 is 1.30 bits per heavy atom. The van der Waals surface area contributed by atoms with E-state index < -0.39 is 12.0 Å². The molecule has 0 atom stereocenters. The first-order valence-corrected chi connectivity index (χ1v) is 9.23. The van der Waals surface area contributed by atoms with E-state index in [1.54, 1.807) is 6.07 Å². The van der Waals surface area contributed by atoms with Crippen molar-refractivity contribution in [2.45, 2.75) is 31.3 Å². The van der Waals surface area contributed by atoms with E-state index in [-0.39, 0.29) is 5.75 Å². The highest BCUT2D eigenvalue weighted by atomic mass is 32.1. The second-order valence-electron chi connectivity index (χ2n) is 6.77. The van der Waals surface area contributed by atoms with Gasteiger partial charge in [-0.2, -0.15) is 4.37 Å². The fourth-order valence-electron chi connectivity index (χ4n) is 3.04. The number of anilines is 1. The first-order chi connectivity index (χ1) is 12.6. The summed E-state index contributed by atoms with van der Waals surface area (Å²) in [5.41, 5.74) is -0.739. The lowest BCUT2D eigenvalue weighted by molar-refractivity contribution is -0.274. The van der Waals surface area contributed by atoms with Gasteiger partial charge in [0.1, 0.15) is 5.75 Å². The molecule has 0 radical (unpaired) electrons. The minimum absolute atomic E-state index is 0.321. The highest BCUT2D eigenvalue weighted by Gasteiger charge is 2.36. The molecule has 1 saturated heterocycles. The molecule has 1 aromatic heterocycles. The van der Waals surface area contributed by atoms with E-state index in [1.165, 1.54) is 29.7 Å². The number of halogens is 3. The number of aromatic nitrogens is 2. The molecule has 3 rings (SSSR count). The average Bonchev–Trinajstić information content (AvgIpc) is 3.05. The number of ether oxygens (including phenoxy) is 1. The maximum Gasteiger partial charge on any atom is 0.573 e. The van der Waals surface area contributed by atoms with Gasteiger partial charge in [0.2, 0.25) is 5.13 Å². The number of rotatable bonds is 5. The predicted octanol–water partition coefficient (Wildman–Crippen LogP) is 2.99. The molecule has 0 amide bonds. The fourth-order valence-corrected chi connectivity index (χ4v) is 3.64. The van der Waals surface area contributed by atoms with Gasteiger partial charge in [-0.15, -0.1) is 13.2 Å². The lowest BCUT2D eigenvalue weighted by atomic mass is 9.84. The van der Waals surface area contributed by atoms with Crippen LogP contribution in [-0.4, -0.2) is 52.9 Å². The number of aliphatic hydroxyl groups is 1. The Hall–Kier alpha value is -1.91. The molecule has 0 saturated carbocycles. The number of likely N-dealkylation sites (tertiary alicyclic amines) is 1. The Morgan fingerprint density at radius 3 is 2.59 bits per heavy atom. The van der Waals surface area contributed by atoms with Crippen molar-refractivity contribution in [2.24, 2.45) is 0 Å². The van der Waals surface area contributed by atoms with E-state index in [9.17, 15) is 18.3 Å². The lowest BCUT2D eigenvalue weighted by Crippen LogP contribution is -2.42. The zero-order valence-electron chi connectivity index (χ0n) is 15.0. The lowest BCUT2D eigenvalue weighted by Gasteiger charge is -2.38. The third-order valence-corrected chi connectivity index (χ3v) is 5.41. The molecular weight excluding hydrogens is 381 g/mol. The second kappa shape index (κ2) is 7.61.